The van der Waals surface area contributed by atoms with Crippen molar-refractivity contribution in [3.05, 3.63) is 29.3 Å². The van der Waals surface area contributed by atoms with E-state index >= 15 is 0 Å². The maximum absolute atomic E-state index is 11.3. The van der Waals surface area contributed by atoms with Crippen molar-refractivity contribution >= 4 is 23.2 Å². The molecular weight excluding hydrogens is 204 g/mol. The summed E-state index contributed by atoms with van der Waals surface area (Å²) in [6.45, 7) is 1.56. The Hall–Kier alpha value is -1.10. The quantitative estimate of drug-likeness (QED) is 0.751. The third kappa shape index (κ3) is 2.99. The molecule has 1 rings (SSSR count). The van der Waals surface area contributed by atoms with E-state index in [2.05, 4.69) is 10.2 Å². The fraction of sp³-hybridized carbons (Fsp3) is 0.222. The van der Waals surface area contributed by atoms with Gasteiger partial charge in [0.25, 0.3) is 5.91 Å². The zero-order valence-corrected chi connectivity index (χ0v) is 8.41. The largest absolute Gasteiger partial charge is 0.324 e. The van der Waals surface area contributed by atoms with Gasteiger partial charge in [0, 0.05) is 10.7 Å². The second-order valence-corrected chi connectivity index (χ2v) is 3.21. The molecule has 1 aromatic carbocycles. The molecule has 76 valence electrons. The Morgan fingerprint density at radius 1 is 1.50 bits per heavy atom. The number of benzene rings is 1. The molecule has 0 unspecified atom stereocenters. The first-order valence-electron chi connectivity index (χ1n) is 4.05. The molecule has 5 heteroatoms. The molecule has 0 aliphatic rings. The molecule has 0 bridgehead atoms. The molecule has 1 amide bonds. The summed E-state index contributed by atoms with van der Waals surface area (Å²) >= 11 is 5.68. The van der Waals surface area contributed by atoms with Gasteiger partial charge in [-0.15, -0.1) is 0 Å². The lowest BCUT2D eigenvalue weighted by Crippen LogP contribution is -2.29. The molecule has 0 aliphatic carbocycles. The second kappa shape index (κ2) is 4.95. The van der Waals surface area contributed by atoms with Crippen molar-refractivity contribution in [1.29, 1.82) is 0 Å². The van der Waals surface area contributed by atoms with Crippen molar-refractivity contribution in [3.63, 3.8) is 0 Å². The van der Waals surface area contributed by atoms with Crippen molar-refractivity contribution < 1.29 is 9.63 Å². The Bertz CT molecular complexity index is 313. The van der Waals surface area contributed by atoms with E-state index in [1.54, 1.807) is 31.2 Å². The zero-order valence-electron chi connectivity index (χ0n) is 7.66. The molecule has 0 saturated carbocycles. The van der Waals surface area contributed by atoms with E-state index in [4.69, 9.17) is 17.5 Å². The van der Waals surface area contributed by atoms with Crippen molar-refractivity contribution in [2.75, 3.05) is 5.32 Å². The van der Waals surface area contributed by atoms with Gasteiger partial charge in [-0.2, -0.15) is 0 Å². The summed E-state index contributed by atoms with van der Waals surface area (Å²) in [5.74, 6) is 4.57. The lowest BCUT2D eigenvalue weighted by Gasteiger charge is -2.09. The van der Waals surface area contributed by atoms with Crippen molar-refractivity contribution in [2.45, 2.75) is 13.0 Å². The molecule has 0 aliphatic heterocycles. The topological polar surface area (TPSA) is 64.3 Å². The van der Waals surface area contributed by atoms with Gasteiger partial charge in [-0.3, -0.25) is 9.63 Å². The highest BCUT2D eigenvalue weighted by Gasteiger charge is 2.11. The first-order valence-corrected chi connectivity index (χ1v) is 4.43. The highest BCUT2D eigenvalue weighted by atomic mass is 35.5. The lowest BCUT2D eigenvalue weighted by atomic mass is 10.3. The fourth-order valence-electron chi connectivity index (χ4n) is 0.839. The lowest BCUT2D eigenvalue weighted by molar-refractivity contribution is -0.126. The number of nitrogens with two attached hydrogens (primary N) is 1. The summed E-state index contributed by atoms with van der Waals surface area (Å²) < 4.78 is 0. The van der Waals surface area contributed by atoms with E-state index in [1.165, 1.54) is 0 Å². The first-order chi connectivity index (χ1) is 6.63. The second-order valence-electron chi connectivity index (χ2n) is 2.77. The minimum atomic E-state index is -0.675. The van der Waals surface area contributed by atoms with Gasteiger partial charge in [0.2, 0.25) is 0 Å². The van der Waals surface area contributed by atoms with E-state index in [9.17, 15) is 4.79 Å². The number of carbonyl (C=O) groups excluding carboxylic acids is 1. The van der Waals surface area contributed by atoms with Gasteiger partial charge in [-0.05, 0) is 31.2 Å². The van der Waals surface area contributed by atoms with Crippen LogP contribution in [0.25, 0.3) is 0 Å². The van der Waals surface area contributed by atoms with Crippen LogP contribution in [0.2, 0.25) is 5.02 Å². The Labute approximate surface area is 86.9 Å². The van der Waals surface area contributed by atoms with Crippen molar-refractivity contribution in [3.8, 4) is 0 Å². The van der Waals surface area contributed by atoms with Crippen LogP contribution in [0.4, 0.5) is 5.69 Å². The van der Waals surface area contributed by atoms with Crippen molar-refractivity contribution in [2.24, 2.45) is 5.90 Å². The molecule has 0 aromatic heterocycles. The number of halogens is 1. The van der Waals surface area contributed by atoms with Crippen LogP contribution in [0.15, 0.2) is 24.3 Å². The summed E-state index contributed by atoms with van der Waals surface area (Å²) in [6, 6.07) is 6.77. The van der Waals surface area contributed by atoms with Crippen LogP contribution in [0, 0.1) is 0 Å². The fourth-order valence-corrected chi connectivity index (χ4v) is 0.965. The molecule has 1 aromatic rings. The normalized spacial score (nSPS) is 12.2. The number of hydrogen-bond acceptors (Lipinski definition) is 3. The summed E-state index contributed by atoms with van der Waals surface area (Å²) in [5, 5.41) is 3.23. The van der Waals surface area contributed by atoms with Gasteiger partial charge in [0.1, 0.15) is 0 Å². The van der Waals surface area contributed by atoms with Crippen LogP contribution >= 0.6 is 11.6 Å². The maximum Gasteiger partial charge on any atom is 0.255 e. The third-order valence-electron chi connectivity index (χ3n) is 1.69. The SMILES string of the molecule is C[C@@H](ON)C(=O)Nc1ccc(Cl)cc1. The van der Waals surface area contributed by atoms with Gasteiger partial charge < -0.3 is 5.32 Å². The number of rotatable bonds is 3. The van der Waals surface area contributed by atoms with E-state index in [-0.39, 0.29) is 5.91 Å². The van der Waals surface area contributed by atoms with Gasteiger partial charge >= 0.3 is 0 Å². The number of anilines is 1. The Balaban J connectivity index is 2.60. The van der Waals surface area contributed by atoms with E-state index in [0.717, 1.165) is 0 Å². The molecule has 0 radical (unpaired) electrons. The van der Waals surface area contributed by atoms with Crippen LogP contribution in [0.5, 0.6) is 0 Å². The van der Waals surface area contributed by atoms with Gasteiger partial charge in [-0.25, -0.2) is 5.90 Å². The van der Waals surface area contributed by atoms with Gasteiger partial charge in [0.15, 0.2) is 6.10 Å². The molecular formula is C9H11ClN2O2. The smallest absolute Gasteiger partial charge is 0.255 e. The van der Waals surface area contributed by atoms with Crippen molar-refractivity contribution in [1.82, 2.24) is 0 Å². The maximum atomic E-state index is 11.3. The summed E-state index contributed by atoms with van der Waals surface area (Å²) in [5.41, 5.74) is 0.656. The third-order valence-corrected chi connectivity index (χ3v) is 1.94. The van der Waals surface area contributed by atoms with Gasteiger partial charge in [-0.1, -0.05) is 11.6 Å². The molecule has 0 fully saturated rings. The minimum absolute atomic E-state index is 0.296. The summed E-state index contributed by atoms with van der Waals surface area (Å²) in [6.07, 6.45) is -0.675. The van der Waals surface area contributed by atoms with E-state index in [1.807, 2.05) is 0 Å². The highest BCUT2D eigenvalue weighted by molar-refractivity contribution is 6.30. The number of nitrogens with one attached hydrogen (secondary N) is 1. The van der Waals surface area contributed by atoms with Crippen LogP contribution in [-0.2, 0) is 9.63 Å². The van der Waals surface area contributed by atoms with Crippen LogP contribution in [0.1, 0.15) is 6.92 Å². The van der Waals surface area contributed by atoms with Gasteiger partial charge in [0.05, 0.1) is 0 Å². The Morgan fingerprint density at radius 2 is 2.07 bits per heavy atom. The molecule has 3 N–H and O–H groups in total. The number of carbonyl (C=O) groups is 1. The van der Waals surface area contributed by atoms with E-state index < -0.39 is 6.10 Å². The molecule has 14 heavy (non-hydrogen) atoms. The molecule has 0 spiro atoms. The zero-order chi connectivity index (χ0) is 10.6. The average molecular weight is 215 g/mol. The van der Waals surface area contributed by atoms with Crippen LogP contribution < -0.4 is 11.2 Å². The summed E-state index contributed by atoms with van der Waals surface area (Å²) in [7, 11) is 0. The Morgan fingerprint density at radius 3 is 2.57 bits per heavy atom. The molecule has 4 nitrogen and oxygen atoms in total. The average Bonchev–Trinajstić information content (AvgIpc) is 2.20. The molecule has 0 saturated heterocycles. The Kier molecular flexibility index (Phi) is 3.88. The van der Waals surface area contributed by atoms with Crippen LogP contribution in [0.3, 0.4) is 0 Å². The number of hydrogen-bond donors (Lipinski definition) is 2. The highest BCUT2D eigenvalue weighted by Crippen LogP contribution is 2.13. The van der Waals surface area contributed by atoms with E-state index in [0.29, 0.717) is 10.7 Å². The predicted octanol–water partition coefficient (Wildman–Crippen LogP) is 1.56. The molecule has 1 atom stereocenters. The first kappa shape index (κ1) is 11.0. The van der Waals surface area contributed by atoms with Crippen LogP contribution in [-0.4, -0.2) is 12.0 Å². The standard InChI is InChI=1S/C9H11ClN2O2/c1-6(14-11)9(13)12-8-4-2-7(10)3-5-8/h2-6H,11H2,1H3,(H,12,13)/t6-/m1/s1. The predicted molar refractivity (Wildman–Crippen MR) is 54.8 cm³/mol. The monoisotopic (exact) mass is 214 g/mol. The molecule has 0 heterocycles. The number of amides is 1. The summed E-state index contributed by atoms with van der Waals surface area (Å²) in [4.78, 5) is 15.6. The minimum Gasteiger partial charge on any atom is -0.324 e.